The number of thioether (sulfide) groups is 1. The number of aromatic amines is 1. The van der Waals surface area contributed by atoms with Gasteiger partial charge in [-0.2, -0.15) is 4.31 Å². The van der Waals surface area contributed by atoms with Gasteiger partial charge < -0.3 is 14.6 Å². The van der Waals surface area contributed by atoms with Crippen LogP contribution in [0.25, 0.3) is 11.0 Å². The minimum atomic E-state index is -3.71. The van der Waals surface area contributed by atoms with Crippen LogP contribution >= 0.6 is 11.8 Å². The zero-order valence-electron chi connectivity index (χ0n) is 16.7. The van der Waals surface area contributed by atoms with Gasteiger partial charge in [0.25, 0.3) is 0 Å². The van der Waals surface area contributed by atoms with Gasteiger partial charge in [0.1, 0.15) is 11.6 Å². The van der Waals surface area contributed by atoms with E-state index < -0.39 is 15.8 Å². The number of fused-ring (bicyclic) bond motifs is 1. The molecule has 164 valence electrons. The van der Waals surface area contributed by atoms with Crippen LogP contribution in [-0.2, 0) is 14.8 Å². The molecular weight excluding hydrogens is 443 g/mol. The fourth-order valence-corrected chi connectivity index (χ4v) is 5.53. The summed E-state index contributed by atoms with van der Waals surface area (Å²) in [6.45, 7) is 0.995. The molecule has 1 amide bonds. The van der Waals surface area contributed by atoms with Crippen molar-refractivity contribution >= 4 is 38.7 Å². The van der Waals surface area contributed by atoms with E-state index in [9.17, 15) is 17.6 Å². The molecule has 1 fully saturated rings. The lowest BCUT2D eigenvalue weighted by Gasteiger charge is -2.34. The van der Waals surface area contributed by atoms with Gasteiger partial charge in [0.05, 0.1) is 28.8 Å². The fourth-order valence-electron chi connectivity index (χ4n) is 3.32. The van der Waals surface area contributed by atoms with Gasteiger partial charge in [-0.1, -0.05) is 11.8 Å². The average Bonchev–Trinajstić information content (AvgIpc) is 3.20. The van der Waals surface area contributed by atoms with Crippen molar-refractivity contribution in [2.75, 3.05) is 39.0 Å². The normalized spacial score (nSPS) is 15.4. The Morgan fingerprint density at radius 3 is 2.55 bits per heavy atom. The van der Waals surface area contributed by atoms with Gasteiger partial charge in [0.2, 0.25) is 15.9 Å². The maximum atomic E-state index is 13.1. The van der Waals surface area contributed by atoms with Crippen LogP contribution in [0.1, 0.15) is 0 Å². The molecule has 11 heteroatoms. The molecule has 1 saturated heterocycles. The zero-order valence-corrected chi connectivity index (χ0v) is 18.4. The minimum Gasteiger partial charge on any atom is -0.497 e. The number of imidazole rings is 1. The van der Waals surface area contributed by atoms with E-state index in [1.165, 1.54) is 28.2 Å². The average molecular weight is 465 g/mol. The number of nitrogens with one attached hydrogen (secondary N) is 1. The standard InChI is InChI=1S/C20H21FN4O4S2/c1-29-15-4-7-17-18(12-15)23-20(22-17)30-13-19(26)24-8-10-25(11-9-24)31(27,28)16-5-2-14(21)3-6-16/h2-7,12H,8-11,13H2,1H3,(H,22,23). The first-order valence-electron chi connectivity index (χ1n) is 9.57. The number of aromatic nitrogens is 2. The van der Waals surface area contributed by atoms with Gasteiger partial charge in [-0.05, 0) is 36.4 Å². The highest BCUT2D eigenvalue weighted by Gasteiger charge is 2.30. The van der Waals surface area contributed by atoms with E-state index >= 15 is 0 Å². The summed E-state index contributed by atoms with van der Waals surface area (Å²) >= 11 is 1.30. The fraction of sp³-hybridized carbons (Fsp3) is 0.300. The first kappa shape index (κ1) is 21.6. The van der Waals surface area contributed by atoms with Crippen molar-refractivity contribution in [3.63, 3.8) is 0 Å². The number of ether oxygens (including phenoxy) is 1. The number of rotatable bonds is 6. The molecule has 0 spiro atoms. The topological polar surface area (TPSA) is 95.6 Å². The molecule has 0 aliphatic carbocycles. The monoisotopic (exact) mass is 464 g/mol. The number of amides is 1. The summed E-state index contributed by atoms with van der Waals surface area (Å²) in [5.74, 6) is 0.344. The number of halogens is 1. The molecule has 0 atom stereocenters. The number of hydrogen-bond donors (Lipinski definition) is 1. The largest absolute Gasteiger partial charge is 0.497 e. The van der Waals surface area contributed by atoms with E-state index in [1.54, 1.807) is 12.0 Å². The number of carbonyl (C=O) groups is 1. The number of sulfonamides is 1. The number of carbonyl (C=O) groups excluding carboxylic acids is 1. The Morgan fingerprint density at radius 1 is 1.16 bits per heavy atom. The van der Waals surface area contributed by atoms with Crippen LogP contribution in [-0.4, -0.2) is 72.5 Å². The molecule has 0 saturated carbocycles. The Morgan fingerprint density at radius 2 is 1.87 bits per heavy atom. The van der Waals surface area contributed by atoms with Gasteiger partial charge in [-0.3, -0.25) is 4.79 Å². The minimum absolute atomic E-state index is 0.0470. The van der Waals surface area contributed by atoms with Crippen molar-refractivity contribution in [3.05, 3.63) is 48.3 Å². The number of methoxy groups -OCH3 is 1. The Balaban J connectivity index is 1.32. The second-order valence-corrected chi connectivity index (χ2v) is 9.85. The van der Waals surface area contributed by atoms with Crippen LogP contribution in [0.15, 0.2) is 52.5 Å². The molecule has 0 bridgehead atoms. The highest BCUT2D eigenvalue weighted by atomic mass is 32.2. The van der Waals surface area contributed by atoms with Crippen molar-refractivity contribution in [2.45, 2.75) is 10.1 Å². The van der Waals surface area contributed by atoms with E-state index in [4.69, 9.17) is 4.74 Å². The van der Waals surface area contributed by atoms with E-state index in [2.05, 4.69) is 9.97 Å². The van der Waals surface area contributed by atoms with Crippen molar-refractivity contribution in [1.82, 2.24) is 19.2 Å². The van der Waals surface area contributed by atoms with Crippen LogP contribution in [0.3, 0.4) is 0 Å². The summed E-state index contributed by atoms with van der Waals surface area (Å²) in [5.41, 5.74) is 1.62. The third-order valence-corrected chi connectivity index (χ3v) is 7.81. The lowest BCUT2D eigenvalue weighted by Crippen LogP contribution is -2.50. The van der Waals surface area contributed by atoms with Crippen molar-refractivity contribution in [1.29, 1.82) is 0 Å². The third kappa shape index (κ3) is 4.68. The molecule has 1 aromatic heterocycles. The molecule has 4 rings (SSSR count). The summed E-state index contributed by atoms with van der Waals surface area (Å²) in [7, 11) is -2.11. The van der Waals surface area contributed by atoms with E-state index in [0.717, 1.165) is 28.9 Å². The third-order valence-electron chi connectivity index (χ3n) is 5.04. The zero-order chi connectivity index (χ0) is 22.0. The van der Waals surface area contributed by atoms with Crippen LogP contribution in [0.5, 0.6) is 5.75 Å². The van der Waals surface area contributed by atoms with Crippen LogP contribution in [0.4, 0.5) is 4.39 Å². The molecule has 3 aromatic rings. The molecule has 1 N–H and O–H groups in total. The highest BCUT2D eigenvalue weighted by Crippen LogP contribution is 2.24. The van der Waals surface area contributed by atoms with Crippen LogP contribution < -0.4 is 4.74 Å². The summed E-state index contributed by atoms with van der Waals surface area (Å²) in [6.07, 6.45) is 0. The second-order valence-electron chi connectivity index (χ2n) is 6.95. The number of H-pyrrole nitrogens is 1. The van der Waals surface area contributed by atoms with Gasteiger partial charge >= 0.3 is 0 Å². The number of benzene rings is 2. The van der Waals surface area contributed by atoms with Gasteiger partial charge in [0.15, 0.2) is 5.16 Å². The Bertz CT molecular complexity index is 1190. The van der Waals surface area contributed by atoms with Gasteiger partial charge in [0, 0.05) is 32.2 Å². The maximum absolute atomic E-state index is 13.1. The molecule has 0 radical (unpaired) electrons. The molecule has 1 aliphatic heterocycles. The van der Waals surface area contributed by atoms with E-state index in [1.807, 2.05) is 18.2 Å². The Kier molecular flexibility index (Phi) is 6.17. The smallest absolute Gasteiger partial charge is 0.243 e. The van der Waals surface area contributed by atoms with E-state index in [0.29, 0.717) is 18.2 Å². The first-order chi connectivity index (χ1) is 14.9. The number of piperazine rings is 1. The number of nitrogens with zero attached hydrogens (tertiary/aromatic N) is 3. The van der Waals surface area contributed by atoms with Crippen molar-refractivity contribution < 1.29 is 22.3 Å². The molecule has 2 heterocycles. The van der Waals surface area contributed by atoms with Crippen LogP contribution in [0.2, 0.25) is 0 Å². The molecule has 0 unspecified atom stereocenters. The first-order valence-corrected chi connectivity index (χ1v) is 12.0. The maximum Gasteiger partial charge on any atom is 0.243 e. The second kappa shape index (κ2) is 8.85. The molecular formula is C20H21FN4O4S2. The lowest BCUT2D eigenvalue weighted by atomic mass is 10.3. The van der Waals surface area contributed by atoms with Gasteiger partial charge in [-0.15, -0.1) is 0 Å². The SMILES string of the molecule is COc1ccc2nc(SCC(=O)N3CCN(S(=O)(=O)c4ccc(F)cc4)CC3)[nH]c2c1. The lowest BCUT2D eigenvalue weighted by molar-refractivity contribution is -0.129. The summed E-state index contributed by atoms with van der Waals surface area (Å²) < 4.78 is 45.0. The van der Waals surface area contributed by atoms with Crippen molar-refractivity contribution in [3.8, 4) is 5.75 Å². The Labute approximate surface area is 183 Å². The molecule has 2 aromatic carbocycles. The molecule has 8 nitrogen and oxygen atoms in total. The predicted molar refractivity (Wildman–Crippen MR) is 115 cm³/mol. The van der Waals surface area contributed by atoms with E-state index in [-0.39, 0.29) is 29.6 Å². The summed E-state index contributed by atoms with van der Waals surface area (Å²) in [6, 6.07) is 10.3. The van der Waals surface area contributed by atoms with Gasteiger partial charge in [-0.25, -0.2) is 17.8 Å². The highest BCUT2D eigenvalue weighted by molar-refractivity contribution is 7.99. The Hall–Kier alpha value is -2.63. The predicted octanol–water partition coefficient (Wildman–Crippen LogP) is 2.34. The summed E-state index contributed by atoms with van der Waals surface area (Å²) in [4.78, 5) is 21.9. The van der Waals surface area contributed by atoms with Crippen LogP contribution in [0, 0.1) is 5.82 Å². The molecule has 1 aliphatic rings. The summed E-state index contributed by atoms with van der Waals surface area (Å²) in [5, 5.41) is 0.633. The quantitative estimate of drug-likeness (QED) is 0.563. The number of hydrogen-bond acceptors (Lipinski definition) is 6. The van der Waals surface area contributed by atoms with Crippen molar-refractivity contribution in [2.24, 2.45) is 0 Å². The molecule has 31 heavy (non-hydrogen) atoms.